The van der Waals surface area contributed by atoms with Crippen LogP contribution in [0.4, 0.5) is 0 Å². The molecule has 1 heterocycles. The van der Waals surface area contributed by atoms with Gasteiger partial charge >= 0.3 is 0 Å². The molecule has 0 aromatic heterocycles. The fraction of sp³-hybridized carbons (Fsp3) is 0.889. The van der Waals surface area contributed by atoms with E-state index >= 15 is 0 Å². The number of ketones is 1. The molecule has 0 aromatic carbocycles. The summed E-state index contributed by atoms with van der Waals surface area (Å²) in [5, 5.41) is 0. The van der Waals surface area contributed by atoms with Crippen LogP contribution in [0.3, 0.4) is 0 Å². The molecule has 1 aliphatic rings. The van der Waals surface area contributed by atoms with E-state index < -0.39 is 0 Å². The number of ether oxygens (including phenoxy) is 2. The summed E-state index contributed by atoms with van der Waals surface area (Å²) >= 11 is 0. The highest BCUT2D eigenvalue weighted by atomic mass is 16.5. The Labute approximate surface area is 78.4 Å². The van der Waals surface area contributed by atoms with Gasteiger partial charge in [0.1, 0.15) is 6.61 Å². The van der Waals surface area contributed by atoms with E-state index in [2.05, 4.69) is 0 Å². The summed E-state index contributed by atoms with van der Waals surface area (Å²) < 4.78 is 10.0. The van der Waals surface area contributed by atoms with Gasteiger partial charge < -0.3 is 15.2 Å². The van der Waals surface area contributed by atoms with Crippen molar-refractivity contribution in [3.63, 3.8) is 0 Å². The maximum absolute atomic E-state index is 11.7. The molecule has 0 amide bonds. The maximum atomic E-state index is 11.7. The normalized spacial score (nSPS) is 21.4. The molecular weight excluding hydrogens is 170 g/mol. The van der Waals surface area contributed by atoms with Gasteiger partial charge in [0, 0.05) is 32.3 Å². The molecule has 4 heteroatoms. The zero-order valence-electron chi connectivity index (χ0n) is 8.04. The first-order chi connectivity index (χ1) is 6.25. The van der Waals surface area contributed by atoms with Gasteiger partial charge in [-0.25, -0.2) is 0 Å². The highest BCUT2D eigenvalue weighted by Crippen LogP contribution is 2.30. The number of methoxy groups -OCH3 is 1. The van der Waals surface area contributed by atoms with Crippen LogP contribution in [-0.2, 0) is 14.3 Å². The summed E-state index contributed by atoms with van der Waals surface area (Å²) in [5.41, 5.74) is 5.26. The van der Waals surface area contributed by atoms with Crippen molar-refractivity contribution in [2.24, 2.45) is 11.1 Å². The molecule has 0 atom stereocenters. The minimum Gasteiger partial charge on any atom is -0.381 e. The Balaban J connectivity index is 2.61. The Hall–Kier alpha value is -0.450. The van der Waals surface area contributed by atoms with Gasteiger partial charge in [0.2, 0.25) is 0 Å². The molecule has 0 aromatic rings. The predicted octanol–water partition coefficient (Wildman–Crippen LogP) is -0.0426. The monoisotopic (exact) mass is 187 g/mol. The second kappa shape index (κ2) is 4.69. The second-order valence-corrected chi connectivity index (χ2v) is 3.45. The van der Waals surface area contributed by atoms with Gasteiger partial charge in [0.25, 0.3) is 0 Å². The number of carbonyl (C=O) groups is 1. The van der Waals surface area contributed by atoms with E-state index in [4.69, 9.17) is 15.2 Å². The molecule has 1 saturated heterocycles. The van der Waals surface area contributed by atoms with Crippen LogP contribution in [0.25, 0.3) is 0 Å². The summed E-state index contributed by atoms with van der Waals surface area (Å²) in [5.74, 6) is 0.112. The molecule has 1 aliphatic heterocycles. The van der Waals surface area contributed by atoms with Crippen LogP contribution in [-0.4, -0.2) is 39.3 Å². The lowest BCUT2D eigenvalue weighted by Crippen LogP contribution is -2.44. The fourth-order valence-electron chi connectivity index (χ4n) is 1.64. The third-order valence-electron chi connectivity index (χ3n) is 2.71. The van der Waals surface area contributed by atoms with Crippen LogP contribution < -0.4 is 5.73 Å². The van der Waals surface area contributed by atoms with Gasteiger partial charge in [-0.1, -0.05) is 0 Å². The third-order valence-corrected chi connectivity index (χ3v) is 2.71. The molecular formula is C9H17NO3. The number of hydrogen-bond acceptors (Lipinski definition) is 4. The second-order valence-electron chi connectivity index (χ2n) is 3.45. The first-order valence-corrected chi connectivity index (χ1v) is 4.55. The Morgan fingerprint density at radius 1 is 1.54 bits per heavy atom. The topological polar surface area (TPSA) is 61.5 Å². The van der Waals surface area contributed by atoms with Gasteiger partial charge in [0.15, 0.2) is 5.78 Å². The van der Waals surface area contributed by atoms with Crippen molar-refractivity contribution >= 4 is 5.78 Å². The van der Waals surface area contributed by atoms with Crippen molar-refractivity contribution in [3.05, 3.63) is 0 Å². The van der Waals surface area contributed by atoms with Crippen LogP contribution in [0.5, 0.6) is 0 Å². The predicted molar refractivity (Wildman–Crippen MR) is 48.4 cm³/mol. The van der Waals surface area contributed by atoms with Gasteiger partial charge in [-0.2, -0.15) is 0 Å². The van der Waals surface area contributed by atoms with Crippen molar-refractivity contribution in [1.29, 1.82) is 0 Å². The first kappa shape index (κ1) is 10.6. The van der Waals surface area contributed by atoms with Crippen molar-refractivity contribution in [2.75, 3.05) is 33.5 Å². The molecule has 1 fully saturated rings. The molecule has 0 aliphatic carbocycles. The number of rotatable bonds is 4. The van der Waals surface area contributed by atoms with E-state index in [0.29, 0.717) is 19.8 Å². The van der Waals surface area contributed by atoms with Crippen molar-refractivity contribution in [3.8, 4) is 0 Å². The largest absolute Gasteiger partial charge is 0.381 e. The molecule has 0 spiro atoms. The average molecular weight is 187 g/mol. The van der Waals surface area contributed by atoms with Crippen molar-refractivity contribution < 1.29 is 14.3 Å². The lowest BCUT2D eigenvalue weighted by molar-refractivity contribution is -0.137. The molecule has 0 radical (unpaired) electrons. The third kappa shape index (κ3) is 2.27. The van der Waals surface area contributed by atoms with Crippen LogP contribution in [0.1, 0.15) is 12.8 Å². The highest BCUT2D eigenvalue weighted by molar-refractivity contribution is 5.86. The van der Waals surface area contributed by atoms with E-state index in [1.165, 1.54) is 7.11 Å². The molecule has 0 saturated carbocycles. The summed E-state index contributed by atoms with van der Waals surface area (Å²) in [6.07, 6.45) is 1.46. The Morgan fingerprint density at radius 3 is 2.62 bits per heavy atom. The van der Waals surface area contributed by atoms with E-state index in [1.807, 2.05) is 0 Å². The molecule has 2 N–H and O–H groups in total. The number of carbonyl (C=O) groups excluding carboxylic acids is 1. The quantitative estimate of drug-likeness (QED) is 0.670. The fourth-order valence-corrected chi connectivity index (χ4v) is 1.64. The van der Waals surface area contributed by atoms with Gasteiger partial charge in [-0.15, -0.1) is 0 Å². The number of Topliss-reactive ketones (excluding diaryl/α,β-unsaturated/α-hetero) is 1. The molecule has 0 unspecified atom stereocenters. The van der Waals surface area contributed by atoms with Crippen LogP contribution in [0, 0.1) is 5.41 Å². The summed E-state index contributed by atoms with van der Waals surface area (Å²) in [4.78, 5) is 11.7. The SMILES string of the molecule is COCC(=O)C1(CN)CCOCC1. The minimum atomic E-state index is -0.381. The molecule has 76 valence electrons. The maximum Gasteiger partial charge on any atom is 0.166 e. The minimum absolute atomic E-state index is 0.112. The highest BCUT2D eigenvalue weighted by Gasteiger charge is 2.37. The van der Waals surface area contributed by atoms with Gasteiger partial charge in [0.05, 0.1) is 0 Å². The Morgan fingerprint density at radius 2 is 2.15 bits per heavy atom. The lowest BCUT2D eigenvalue weighted by atomic mass is 9.76. The molecule has 0 bridgehead atoms. The molecule has 4 nitrogen and oxygen atoms in total. The average Bonchev–Trinajstić information content (AvgIpc) is 2.19. The number of nitrogens with two attached hydrogens (primary N) is 1. The zero-order valence-corrected chi connectivity index (χ0v) is 8.04. The lowest BCUT2D eigenvalue weighted by Gasteiger charge is -2.34. The van der Waals surface area contributed by atoms with Crippen molar-refractivity contribution in [1.82, 2.24) is 0 Å². The Kier molecular flexibility index (Phi) is 3.84. The van der Waals surface area contributed by atoms with Crippen molar-refractivity contribution in [2.45, 2.75) is 12.8 Å². The van der Waals surface area contributed by atoms with E-state index in [-0.39, 0.29) is 17.8 Å². The zero-order chi connectivity index (χ0) is 9.73. The standard InChI is InChI=1S/C9H17NO3/c1-12-6-8(11)9(7-10)2-4-13-5-3-9/h2-7,10H2,1H3. The van der Waals surface area contributed by atoms with E-state index in [1.54, 1.807) is 0 Å². The van der Waals surface area contributed by atoms with Crippen LogP contribution in [0.2, 0.25) is 0 Å². The van der Waals surface area contributed by atoms with Gasteiger partial charge in [-0.3, -0.25) is 4.79 Å². The summed E-state index contributed by atoms with van der Waals surface area (Å²) in [6, 6.07) is 0. The molecule has 1 rings (SSSR count). The van der Waals surface area contributed by atoms with E-state index in [9.17, 15) is 4.79 Å². The summed E-state index contributed by atoms with van der Waals surface area (Å²) in [6.45, 7) is 1.83. The van der Waals surface area contributed by atoms with Crippen LogP contribution in [0.15, 0.2) is 0 Å². The first-order valence-electron chi connectivity index (χ1n) is 4.55. The smallest absolute Gasteiger partial charge is 0.166 e. The molecule has 13 heavy (non-hydrogen) atoms. The Bertz CT molecular complexity index is 176. The summed E-state index contributed by atoms with van der Waals surface area (Å²) in [7, 11) is 1.53. The van der Waals surface area contributed by atoms with E-state index in [0.717, 1.165) is 12.8 Å². The number of hydrogen-bond donors (Lipinski definition) is 1. The van der Waals surface area contributed by atoms with Gasteiger partial charge in [-0.05, 0) is 12.8 Å². The van der Waals surface area contributed by atoms with Crippen LogP contribution >= 0.6 is 0 Å².